The smallest absolute Gasteiger partial charge is 0.430 e. The molecule has 0 bridgehead atoms. The normalized spacial score (nSPS) is 23.5. The first-order valence-corrected chi connectivity index (χ1v) is 13.8. The summed E-state index contributed by atoms with van der Waals surface area (Å²) in [4.78, 5) is 23.7. The Bertz CT molecular complexity index is 530. The van der Waals surface area contributed by atoms with Crippen LogP contribution >= 0.6 is 46.6 Å². The van der Waals surface area contributed by atoms with Gasteiger partial charge in [0.25, 0.3) is 0 Å². The van der Waals surface area contributed by atoms with E-state index >= 15 is 0 Å². The van der Waals surface area contributed by atoms with Gasteiger partial charge < -0.3 is 14.0 Å². The molecule has 152 valence electrons. The van der Waals surface area contributed by atoms with Crippen molar-refractivity contribution in [2.75, 3.05) is 5.75 Å². The van der Waals surface area contributed by atoms with Crippen molar-refractivity contribution in [3.8, 4) is 0 Å². The van der Waals surface area contributed by atoms with Crippen molar-refractivity contribution in [1.82, 2.24) is 4.57 Å². The van der Waals surface area contributed by atoms with Crippen LogP contribution in [0.3, 0.4) is 0 Å². The second-order valence-electron chi connectivity index (χ2n) is 7.77. The van der Waals surface area contributed by atoms with E-state index in [1.54, 1.807) is 18.7 Å². The molecule has 1 aliphatic heterocycles. The number of nitrogens with zero attached hydrogens (tertiary/aromatic N) is 1. The van der Waals surface area contributed by atoms with Crippen LogP contribution in [0.2, 0.25) is 18.1 Å². The van der Waals surface area contributed by atoms with E-state index in [1.165, 1.54) is 0 Å². The Morgan fingerprint density at radius 2 is 1.81 bits per heavy atom. The summed E-state index contributed by atoms with van der Waals surface area (Å²) in [5, 5.41) is 0.0156. The van der Waals surface area contributed by atoms with E-state index in [0.29, 0.717) is 0 Å². The Morgan fingerprint density at radius 3 is 2.23 bits per heavy atom. The van der Waals surface area contributed by atoms with Crippen LogP contribution in [0.15, 0.2) is 0 Å². The molecule has 0 N–H and O–H groups in total. The third kappa shape index (κ3) is 5.16. The molecule has 5 nitrogen and oxygen atoms in total. The standard InChI is InChI=1S/C16H28Cl3NO4SSi/c1-8-25-14-10(9(2)23-15(22)24-12(19)11(17)18)13(21)20(14)26(6,7)16(3,4)5/h9-12,14H,8H2,1-7H3. The van der Waals surface area contributed by atoms with Crippen molar-refractivity contribution in [3.05, 3.63) is 0 Å². The van der Waals surface area contributed by atoms with Crippen LogP contribution in [0.25, 0.3) is 0 Å². The summed E-state index contributed by atoms with van der Waals surface area (Å²) in [5.41, 5.74) is -1.21. The fourth-order valence-electron chi connectivity index (χ4n) is 2.62. The van der Waals surface area contributed by atoms with Gasteiger partial charge >= 0.3 is 6.16 Å². The average molecular weight is 465 g/mol. The summed E-state index contributed by atoms with van der Waals surface area (Å²) < 4.78 is 12.1. The highest BCUT2D eigenvalue weighted by atomic mass is 35.5. The molecule has 1 aliphatic rings. The average Bonchev–Trinajstić information content (AvgIpc) is 2.44. The lowest BCUT2D eigenvalue weighted by molar-refractivity contribution is -0.150. The summed E-state index contributed by atoms with van der Waals surface area (Å²) >= 11 is 18.5. The monoisotopic (exact) mass is 463 g/mol. The summed E-state index contributed by atoms with van der Waals surface area (Å²) in [6.07, 6.45) is -1.62. The fraction of sp³-hybridized carbons (Fsp3) is 0.875. The van der Waals surface area contributed by atoms with Crippen LogP contribution in [-0.2, 0) is 14.3 Å². The van der Waals surface area contributed by atoms with Gasteiger partial charge in [-0.15, -0.1) is 11.8 Å². The Labute approximate surface area is 176 Å². The maximum absolute atomic E-state index is 12.9. The van der Waals surface area contributed by atoms with Crippen molar-refractivity contribution in [2.24, 2.45) is 5.92 Å². The molecule has 0 radical (unpaired) electrons. The molecule has 1 fully saturated rings. The van der Waals surface area contributed by atoms with Gasteiger partial charge in [0.1, 0.15) is 12.0 Å². The number of ether oxygens (including phenoxy) is 2. The van der Waals surface area contributed by atoms with Crippen molar-refractivity contribution in [3.63, 3.8) is 0 Å². The molecule has 1 amide bonds. The summed E-state index contributed by atoms with van der Waals surface area (Å²) in [7, 11) is -2.02. The van der Waals surface area contributed by atoms with E-state index in [2.05, 4.69) is 33.9 Å². The quantitative estimate of drug-likeness (QED) is 0.217. The zero-order valence-corrected chi connectivity index (χ0v) is 20.3. The van der Waals surface area contributed by atoms with E-state index < -0.39 is 36.8 Å². The molecule has 26 heavy (non-hydrogen) atoms. The van der Waals surface area contributed by atoms with Crippen molar-refractivity contribution in [1.29, 1.82) is 0 Å². The Balaban J connectivity index is 2.86. The van der Waals surface area contributed by atoms with E-state index in [4.69, 9.17) is 44.3 Å². The number of rotatable bonds is 7. The third-order valence-electron chi connectivity index (χ3n) is 5.05. The zero-order valence-electron chi connectivity index (χ0n) is 16.2. The lowest BCUT2D eigenvalue weighted by Crippen LogP contribution is -2.73. The molecule has 0 spiro atoms. The molecular formula is C16H28Cl3NO4SSi. The van der Waals surface area contributed by atoms with Crippen molar-refractivity contribution < 1.29 is 19.1 Å². The lowest BCUT2D eigenvalue weighted by Gasteiger charge is -2.58. The molecule has 4 unspecified atom stereocenters. The molecule has 1 saturated heterocycles. The number of carbonyl (C=O) groups is 2. The molecule has 10 heteroatoms. The largest absolute Gasteiger partial charge is 0.510 e. The first-order valence-electron chi connectivity index (χ1n) is 8.50. The van der Waals surface area contributed by atoms with Crippen LogP contribution in [0.5, 0.6) is 0 Å². The van der Waals surface area contributed by atoms with E-state index in [0.717, 1.165) is 5.75 Å². The second kappa shape index (κ2) is 9.12. The molecule has 0 aromatic rings. The minimum atomic E-state index is -2.02. The highest BCUT2D eigenvalue weighted by Crippen LogP contribution is 2.48. The second-order valence-corrected chi connectivity index (χ2v) is 15.9. The highest BCUT2D eigenvalue weighted by molar-refractivity contribution is 8.00. The predicted octanol–water partition coefficient (Wildman–Crippen LogP) is 5.44. The summed E-state index contributed by atoms with van der Waals surface area (Å²) in [6, 6.07) is 0. The molecule has 0 aromatic heterocycles. The molecule has 1 rings (SSSR count). The molecular weight excluding hydrogens is 437 g/mol. The van der Waals surface area contributed by atoms with Gasteiger partial charge in [-0.1, -0.05) is 75.6 Å². The van der Waals surface area contributed by atoms with Crippen LogP contribution in [-0.4, -0.2) is 52.5 Å². The first kappa shape index (κ1) is 24.2. The molecule has 1 heterocycles. The number of alkyl halides is 3. The topological polar surface area (TPSA) is 55.8 Å². The van der Waals surface area contributed by atoms with Crippen LogP contribution in [0, 0.1) is 5.92 Å². The van der Waals surface area contributed by atoms with E-state index in [1.807, 2.05) is 11.5 Å². The van der Waals surface area contributed by atoms with E-state index in [-0.39, 0.29) is 16.3 Å². The van der Waals surface area contributed by atoms with Gasteiger partial charge in [0.2, 0.25) is 11.5 Å². The third-order valence-corrected chi connectivity index (χ3v) is 12.9. The Hall–Kier alpha value is 0.177. The lowest BCUT2D eigenvalue weighted by atomic mass is 9.95. The number of hydrogen-bond donors (Lipinski definition) is 0. The van der Waals surface area contributed by atoms with Crippen LogP contribution in [0.4, 0.5) is 4.79 Å². The van der Waals surface area contributed by atoms with E-state index in [9.17, 15) is 9.59 Å². The van der Waals surface area contributed by atoms with Crippen LogP contribution < -0.4 is 0 Å². The summed E-state index contributed by atoms with van der Waals surface area (Å²) in [5.74, 6) is 0.483. The first-order chi connectivity index (χ1) is 11.8. The van der Waals surface area contributed by atoms with Crippen molar-refractivity contribution >= 4 is 66.9 Å². The van der Waals surface area contributed by atoms with Gasteiger partial charge in [-0.25, -0.2) is 4.79 Å². The number of thioether (sulfide) groups is 1. The Kier molecular flexibility index (Phi) is 8.49. The molecule has 0 aliphatic carbocycles. The number of carbonyl (C=O) groups excluding carboxylic acids is 2. The maximum Gasteiger partial charge on any atom is 0.510 e. The summed E-state index contributed by atoms with van der Waals surface area (Å²) in [6.45, 7) is 14.6. The Morgan fingerprint density at radius 1 is 1.27 bits per heavy atom. The number of β-lactam (4-membered cyclic amide) rings is 1. The zero-order chi connectivity index (χ0) is 20.4. The van der Waals surface area contributed by atoms with Gasteiger partial charge in [0.15, 0.2) is 13.1 Å². The SMILES string of the molecule is CCSC1C(C(C)OC(=O)OC(Cl)C(Cl)Cl)C(=O)N1[Si](C)(C)C(C)(C)C. The molecule has 4 atom stereocenters. The van der Waals surface area contributed by atoms with Gasteiger partial charge in [-0.2, -0.15) is 0 Å². The van der Waals surface area contributed by atoms with Gasteiger partial charge in [0.05, 0.1) is 5.37 Å². The van der Waals surface area contributed by atoms with Gasteiger partial charge in [-0.3, -0.25) is 4.79 Å². The minimum Gasteiger partial charge on any atom is -0.430 e. The highest BCUT2D eigenvalue weighted by Gasteiger charge is 2.59. The van der Waals surface area contributed by atoms with Crippen LogP contribution in [0.1, 0.15) is 34.6 Å². The number of halogens is 3. The molecule has 0 saturated carbocycles. The number of hydrogen-bond acceptors (Lipinski definition) is 5. The maximum atomic E-state index is 12.9. The minimum absolute atomic E-state index is 0.0169. The van der Waals surface area contributed by atoms with Crippen molar-refractivity contribution in [2.45, 2.75) is 74.6 Å². The fourth-order valence-corrected chi connectivity index (χ4v) is 7.17. The number of amides is 1. The van der Waals surface area contributed by atoms with Gasteiger partial charge in [0, 0.05) is 0 Å². The molecule has 0 aromatic carbocycles. The predicted molar refractivity (Wildman–Crippen MR) is 112 cm³/mol. The van der Waals surface area contributed by atoms with Gasteiger partial charge in [-0.05, 0) is 17.7 Å².